The molecule has 0 bridgehead atoms. The Morgan fingerprint density at radius 1 is 0.550 bits per heavy atom. The van der Waals surface area contributed by atoms with Crippen LogP contribution < -0.4 is 59.1 Å². The van der Waals surface area contributed by atoms with Gasteiger partial charge in [0.05, 0.1) is 19.8 Å². The van der Waals surface area contributed by atoms with Crippen molar-refractivity contribution in [1.82, 2.24) is 0 Å². The van der Waals surface area contributed by atoms with Crippen molar-refractivity contribution in [3.05, 3.63) is 0 Å². The van der Waals surface area contributed by atoms with Gasteiger partial charge < -0.3 is 18.8 Å². The van der Waals surface area contributed by atoms with Crippen molar-refractivity contribution in [1.29, 1.82) is 0 Å². The van der Waals surface area contributed by atoms with Gasteiger partial charge in [0.2, 0.25) is 10.4 Å². The molecule has 0 rings (SSSR count). The fourth-order valence-electron chi connectivity index (χ4n) is 4.79. The largest absolute Gasteiger partial charge is 1.00 e. The van der Waals surface area contributed by atoms with Gasteiger partial charge in [-0.25, -0.2) is 8.42 Å². The molecular formula is C30H61Na2O7S+. The minimum Gasteiger partial charge on any atom is -0.726 e. The molecule has 0 fully saturated rings. The van der Waals surface area contributed by atoms with E-state index in [1.807, 2.05) is 0 Å². The first-order valence-electron chi connectivity index (χ1n) is 15.6. The number of rotatable bonds is 31. The van der Waals surface area contributed by atoms with Crippen LogP contribution in [0.25, 0.3) is 0 Å². The maximum Gasteiger partial charge on any atom is 1.00 e. The van der Waals surface area contributed by atoms with Crippen LogP contribution in [0.2, 0.25) is 0 Å². The smallest absolute Gasteiger partial charge is 0.726 e. The number of hydrogen-bond donors (Lipinski definition) is 0. The van der Waals surface area contributed by atoms with E-state index in [1.54, 1.807) is 7.11 Å². The summed E-state index contributed by atoms with van der Waals surface area (Å²) in [6.45, 7) is 7.21. The minimum atomic E-state index is -4.76. The van der Waals surface area contributed by atoms with Gasteiger partial charge in [-0.15, -0.1) is 0 Å². The molecule has 230 valence electrons. The zero-order valence-electron chi connectivity index (χ0n) is 27.2. The summed E-state index contributed by atoms with van der Waals surface area (Å²) in [6.07, 6.45) is 23.5. The summed E-state index contributed by atoms with van der Waals surface area (Å²) in [6, 6.07) is 0. The van der Waals surface area contributed by atoms with Crippen LogP contribution in [0.1, 0.15) is 142 Å². The van der Waals surface area contributed by atoms with Gasteiger partial charge in [-0.05, 0) is 25.7 Å². The maximum absolute atomic E-state index is 11.2. The summed E-state index contributed by atoms with van der Waals surface area (Å²) >= 11 is 0. The second-order valence-electron chi connectivity index (χ2n) is 11.0. The van der Waals surface area contributed by atoms with Gasteiger partial charge in [-0.2, -0.15) is 0 Å². The molecule has 1 atom stereocenters. The van der Waals surface area contributed by atoms with Gasteiger partial charge in [0.25, 0.3) is 0 Å². The zero-order chi connectivity index (χ0) is 28.2. The van der Waals surface area contributed by atoms with E-state index in [1.165, 1.54) is 70.6 Å². The molecule has 0 aliphatic heterocycles. The van der Waals surface area contributed by atoms with Crippen molar-refractivity contribution < 1.29 is 90.5 Å². The minimum absolute atomic E-state index is 0. The van der Waals surface area contributed by atoms with E-state index in [0.717, 1.165) is 64.6 Å². The Balaban J connectivity index is -0.00000684. The molecule has 40 heavy (non-hydrogen) atoms. The van der Waals surface area contributed by atoms with Gasteiger partial charge in [0.1, 0.15) is 0 Å². The van der Waals surface area contributed by atoms with Gasteiger partial charge in [-0.1, -0.05) is 117 Å². The Bertz CT molecular complexity index is 567. The van der Waals surface area contributed by atoms with Crippen LogP contribution in [-0.4, -0.2) is 59.7 Å². The first-order valence-corrected chi connectivity index (χ1v) is 17.0. The van der Waals surface area contributed by atoms with E-state index in [0.29, 0.717) is 26.2 Å². The van der Waals surface area contributed by atoms with Crippen molar-refractivity contribution in [2.45, 2.75) is 142 Å². The monoisotopic (exact) mass is 611 g/mol. The van der Waals surface area contributed by atoms with Crippen LogP contribution in [0.3, 0.4) is 0 Å². The van der Waals surface area contributed by atoms with Crippen molar-refractivity contribution in [3.8, 4) is 0 Å². The van der Waals surface area contributed by atoms with E-state index in [-0.39, 0.29) is 65.7 Å². The molecule has 7 nitrogen and oxygen atoms in total. The average molecular weight is 612 g/mol. The molecule has 0 unspecified atom stereocenters. The molecule has 0 amide bonds. The summed E-state index contributed by atoms with van der Waals surface area (Å²) < 4.78 is 55.3. The molecule has 0 radical (unpaired) electrons. The molecule has 0 heterocycles. The number of unbranched alkanes of at least 4 members (excludes halogenated alkanes) is 16. The van der Waals surface area contributed by atoms with Crippen LogP contribution in [0.5, 0.6) is 0 Å². The maximum atomic E-state index is 11.2. The molecule has 0 aliphatic carbocycles. The van der Waals surface area contributed by atoms with E-state index < -0.39 is 15.8 Å². The van der Waals surface area contributed by atoms with E-state index >= 15 is 0 Å². The number of hydrogen-bond acceptors (Lipinski definition) is 7. The first kappa shape index (κ1) is 46.2. The van der Waals surface area contributed by atoms with Crippen molar-refractivity contribution in [2.24, 2.45) is 5.41 Å². The van der Waals surface area contributed by atoms with E-state index in [2.05, 4.69) is 13.8 Å². The number of ether oxygens (including phenoxy) is 3. The van der Waals surface area contributed by atoms with Crippen LogP contribution in [-0.2, 0) is 28.8 Å². The summed E-state index contributed by atoms with van der Waals surface area (Å²) in [5, 5.41) is 0. The quantitative estimate of drug-likeness (QED) is 0.0512. The summed E-state index contributed by atoms with van der Waals surface area (Å²) in [7, 11) is -3.17. The molecule has 0 aliphatic rings. The Morgan fingerprint density at radius 2 is 0.950 bits per heavy atom. The summed E-state index contributed by atoms with van der Waals surface area (Å²) in [4.78, 5) is 0. The van der Waals surface area contributed by atoms with Gasteiger partial charge in [-0.3, -0.25) is 4.18 Å². The fraction of sp³-hybridized carbons (Fsp3) is 1.00. The summed E-state index contributed by atoms with van der Waals surface area (Å²) in [5.74, 6) is 0. The second-order valence-corrected chi connectivity index (χ2v) is 12.1. The third-order valence-corrected chi connectivity index (χ3v) is 7.55. The Kier molecular flexibility index (Phi) is 38.8. The van der Waals surface area contributed by atoms with Crippen LogP contribution in [0, 0.1) is 5.41 Å². The molecule has 10 heteroatoms. The van der Waals surface area contributed by atoms with Crippen molar-refractivity contribution in [3.63, 3.8) is 0 Å². The SMILES string of the molecule is CCCCCCCCCCCCOC[C@@](CCCCCCCOCCCCCC)(COC)COS(=O)(=O)[O-].[Na+].[Na+]. The molecule has 0 saturated heterocycles. The number of methoxy groups -OCH3 is 1. The fourth-order valence-corrected chi connectivity index (χ4v) is 5.19. The van der Waals surface area contributed by atoms with E-state index in [4.69, 9.17) is 18.4 Å². The summed E-state index contributed by atoms with van der Waals surface area (Å²) in [5.41, 5.74) is -0.633. The van der Waals surface area contributed by atoms with Gasteiger partial charge >= 0.3 is 59.1 Å². The normalized spacial score (nSPS) is 13.0. The molecule has 0 aromatic carbocycles. The van der Waals surface area contributed by atoms with Crippen molar-refractivity contribution >= 4 is 10.4 Å². The van der Waals surface area contributed by atoms with Crippen molar-refractivity contribution in [2.75, 3.05) is 46.8 Å². The third-order valence-electron chi connectivity index (χ3n) is 7.15. The molecule has 0 N–H and O–H groups in total. The van der Waals surface area contributed by atoms with Gasteiger partial charge in [0.15, 0.2) is 0 Å². The van der Waals surface area contributed by atoms with Crippen LogP contribution in [0.4, 0.5) is 0 Å². The van der Waals surface area contributed by atoms with Crippen LogP contribution >= 0.6 is 0 Å². The Morgan fingerprint density at radius 3 is 1.40 bits per heavy atom. The standard InChI is InChI=1S/C30H62O7S.2Na/c1-4-6-8-10-11-12-13-14-17-22-26-36-28-30(27-34-3,29-37-38(31,32)33)23-19-16-15-18-21-25-35-24-20-9-7-5-2;;/h4-29H2,1-3H3,(H,31,32,33);;/q;2*+1/p-1/t30-;;/m1../s1. The topological polar surface area (TPSA) is 94.1 Å². The predicted octanol–water partition coefficient (Wildman–Crippen LogP) is 1.98. The molecular weight excluding hydrogens is 550 g/mol. The van der Waals surface area contributed by atoms with Crippen LogP contribution in [0.15, 0.2) is 0 Å². The Labute approximate surface area is 292 Å². The third kappa shape index (κ3) is 32.7. The first-order chi connectivity index (χ1) is 18.4. The Hall–Kier alpha value is 1.75. The van der Waals surface area contributed by atoms with E-state index in [9.17, 15) is 13.0 Å². The molecule has 0 aromatic heterocycles. The predicted molar refractivity (Wildman–Crippen MR) is 155 cm³/mol. The zero-order valence-corrected chi connectivity index (χ0v) is 32.0. The second kappa shape index (κ2) is 33.6. The molecule has 0 spiro atoms. The molecule has 0 aromatic rings. The molecule has 0 saturated carbocycles. The van der Waals surface area contributed by atoms with Gasteiger partial charge in [0, 0.05) is 32.3 Å². The average Bonchev–Trinajstić information content (AvgIpc) is 2.88.